The summed E-state index contributed by atoms with van der Waals surface area (Å²) < 4.78 is 4.98. The molecule has 1 aliphatic carbocycles. The summed E-state index contributed by atoms with van der Waals surface area (Å²) in [5, 5.41) is 8.68. The fraction of sp³-hybridized carbons (Fsp3) is 0.0612. The number of rotatable bonds is 5. The summed E-state index contributed by atoms with van der Waals surface area (Å²) in [4.78, 5) is 10.3. The number of benzene rings is 7. The molecule has 5 heteroatoms. The molecule has 0 atom stereocenters. The summed E-state index contributed by atoms with van der Waals surface area (Å²) >= 11 is 0. The van der Waals surface area contributed by atoms with Crippen molar-refractivity contribution in [2.24, 2.45) is 9.98 Å². The summed E-state index contributed by atoms with van der Waals surface area (Å²) in [5.74, 6) is 1.64. The van der Waals surface area contributed by atoms with Crippen molar-refractivity contribution in [1.82, 2.24) is 14.5 Å². The standard InChI is InChI=1S/C49H35N5/c1-4-16-32(17-5-1)47-50-48(33-18-6-2-7-19-33)52-49(51-47)34-28-30-36(31-29-34)54-42-27-15-13-25-40(42)44-43-39-24-12-14-26-41(39)53(35-20-8-3-9-21-35)45(43)37-22-10-11-23-38(37)46(44)54/h1-9,11-21,23-31,49H,10,22H2,(H,50,51,52). The van der Waals surface area contributed by atoms with E-state index < -0.39 is 0 Å². The summed E-state index contributed by atoms with van der Waals surface area (Å²) in [7, 11) is 0. The van der Waals surface area contributed by atoms with Gasteiger partial charge in [-0.3, -0.25) is 0 Å². The smallest absolute Gasteiger partial charge is 0.169 e. The minimum Gasteiger partial charge on any atom is -0.324 e. The topological polar surface area (TPSA) is 46.6 Å². The highest BCUT2D eigenvalue weighted by Crippen LogP contribution is 2.47. The SMILES string of the molecule is C1=Cc2c(c3c(c4ccccc4n3-c3ccccc3)c3c4ccccc4n(-c4ccc(C5N=C(c6ccccc6)NC(c6ccccc6)=N5)cc4)c23)CC1. The highest BCUT2D eigenvalue weighted by atomic mass is 15.2. The average molecular weight is 694 g/mol. The third kappa shape index (κ3) is 4.72. The lowest BCUT2D eigenvalue weighted by Gasteiger charge is -2.22. The van der Waals surface area contributed by atoms with Crippen molar-refractivity contribution in [2.45, 2.75) is 19.0 Å². The van der Waals surface area contributed by atoms with E-state index in [1.54, 1.807) is 0 Å². The number of hydrogen-bond donors (Lipinski definition) is 1. The van der Waals surface area contributed by atoms with Gasteiger partial charge in [0.15, 0.2) is 6.17 Å². The van der Waals surface area contributed by atoms with E-state index in [0.29, 0.717) is 0 Å². The number of fused-ring (bicyclic) bond motifs is 10. The van der Waals surface area contributed by atoms with E-state index in [1.807, 2.05) is 36.4 Å². The fourth-order valence-corrected chi connectivity index (χ4v) is 8.65. The van der Waals surface area contributed by atoms with Gasteiger partial charge < -0.3 is 14.5 Å². The second-order valence-corrected chi connectivity index (χ2v) is 14.1. The first-order chi connectivity index (χ1) is 26.8. The molecule has 5 nitrogen and oxygen atoms in total. The highest BCUT2D eigenvalue weighted by Gasteiger charge is 2.27. The number of hydrogen-bond acceptors (Lipinski definition) is 3. The summed E-state index contributed by atoms with van der Waals surface area (Å²) in [6.45, 7) is 0. The van der Waals surface area contributed by atoms with E-state index in [2.05, 4.69) is 154 Å². The van der Waals surface area contributed by atoms with Gasteiger partial charge in [0.25, 0.3) is 0 Å². The molecule has 0 bridgehead atoms. The number of allylic oxidation sites excluding steroid dienone is 1. The zero-order valence-corrected chi connectivity index (χ0v) is 29.5. The molecule has 1 aliphatic heterocycles. The molecule has 9 aromatic rings. The van der Waals surface area contributed by atoms with Crippen molar-refractivity contribution in [1.29, 1.82) is 0 Å². The maximum Gasteiger partial charge on any atom is 0.169 e. The molecule has 0 saturated heterocycles. The molecule has 0 fully saturated rings. The summed E-state index contributed by atoms with van der Waals surface area (Å²) in [6, 6.07) is 58.1. The number of amidine groups is 2. The Bertz CT molecular complexity index is 2930. The van der Waals surface area contributed by atoms with Crippen LogP contribution < -0.4 is 5.32 Å². The molecule has 2 aromatic heterocycles. The summed E-state index contributed by atoms with van der Waals surface area (Å²) in [5.41, 5.74) is 13.1. The number of aryl methyl sites for hydroxylation is 1. The normalized spacial score (nSPS) is 14.4. The molecular formula is C49H35N5. The number of nitrogens with one attached hydrogen (secondary N) is 1. The zero-order valence-electron chi connectivity index (χ0n) is 29.5. The van der Waals surface area contributed by atoms with Crippen molar-refractivity contribution in [2.75, 3.05) is 0 Å². The van der Waals surface area contributed by atoms with Gasteiger partial charge in [-0.1, -0.05) is 140 Å². The monoisotopic (exact) mass is 693 g/mol. The van der Waals surface area contributed by atoms with Crippen molar-refractivity contribution >= 4 is 61.4 Å². The van der Waals surface area contributed by atoms with Crippen LogP contribution in [0.1, 0.15) is 40.4 Å². The van der Waals surface area contributed by atoms with Crippen molar-refractivity contribution in [3.63, 3.8) is 0 Å². The maximum absolute atomic E-state index is 5.14. The van der Waals surface area contributed by atoms with Crippen LogP contribution in [0, 0.1) is 0 Å². The van der Waals surface area contributed by atoms with E-state index in [0.717, 1.165) is 46.9 Å². The minimum absolute atomic E-state index is 0.386. The number of para-hydroxylation sites is 3. The molecule has 11 rings (SSSR count). The van der Waals surface area contributed by atoms with Crippen LogP contribution in [-0.4, -0.2) is 20.8 Å². The molecule has 7 aromatic carbocycles. The van der Waals surface area contributed by atoms with E-state index in [-0.39, 0.29) is 6.17 Å². The van der Waals surface area contributed by atoms with Crippen LogP contribution in [0.2, 0.25) is 0 Å². The van der Waals surface area contributed by atoms with Crippen LogP contribution >= 0.6 is 0 Å². The highest BCUT2D eigenvalue weighted by molar-refractivity contribution is 6.31. The molecule has 0 unspecified atom stereocenters. The Morgan fingerprint density at radius 3 is 1.61 bits per heavy atom. The van der Waals surface area contributed by atoms with Crippen LogP contribution in [0.4, 0.5) is 0 Å². The van der Waals surface area contributed by atoms with Gasteiger partial charge in [-0.25, -0.2) is 9.98 Å². The van der Waals surface area contributed by atoms with Gasteiger partial charge in [0.05, 0.1) is 22.1 Å². The fourth-order valence-electron chi connectivity index (χ4n) is 8.65. The molecule has 256 valence electrons. The van der Waals surface area contributed by atoms with Crippen molar-refractivity contribution in [3.05, 3.63) is 198 Å². The van der Waals surface area contributed by atoms with Crippen LogP contribution in [0.15, 0.2) is 180 Å². The van der Waals surface area contributed by atoms with Gasteiger partial charge >= 0.3 is 0 Å². The van der Waals surface area contributed by atoms with Crippen LogP contribution in [-0.2, 0) is 6.42 Å². The molecule has 2 aliphatic rings. The molecule has 0 amide bonds. The second kappa shape index (κ2) is 12.3. The molecule has 0 radical (unpaired) electrons. The lowest BCUT2D eigenvalue weighted by atomic mass is 9.91. The van der Waals surface area contributed by atoms with E-state index in [1.165, 1.54) is 60.4 Å². The number of nitrogens with zero attached hydrogens (tertiary/aromatic N) is 4. The molecule has 0 saturated carbocycles. The Hall–Kier alpha value is -6.98. The number of aliphatic imine (C=N–C) groups is 2. The van der Waals surface area contributed by atoms with Gasteiger partial charge in [-0.05, 0) is 60.4 Å². The maximum atomic E-state index is 5.14. The molecular weight excluding hydrogens is 659 g/mol. The Morgan fingerprint density at radius 1 is 0.500 bits per heavy atom. The van der Waals surface area contributed by atoms with E-state index in [9.17, 15) is 0 Å². The van der Waals surface area contributed by atoms with Gasteiger partial charge in [0.1, 0.15) is 11.7 Å². The minimum atomic E-state index is -0.386. The first kappa shape index (κ1) is 30.6. The van der Waals surface area contributed by atoms with Gasteiger partial charge in [0, 0.05) is 49.6 Å². The van der Waals surface area contributed by atoms with Crippen molar-refractivity contribution < 1.29 is 0 Å². The Morgan fingerprint density at radius 2 is 1.00 bits per heavy atom. The van der Waals surface area contributed by atoms with Crippen LogP contribution in [0.3, 0.4) is 0 Å². The second-order valence-electron chi connectivity index (χ2n) is 14.1. The van der Waals surface area contributed by atoms with Crippen molar-refractivity contribution in [3.8, 4) is 11.4 Å². The Labute approximate surface area is 312 Å². The summed E-state index contributed by atoms with van der Waals surface area (Å²) in [6.07, 6.45) is 6.33. The third-order valence-corrected chi connectivity index (χ3v) is 11.0. The van der Waals surface area contributed by atoms with Gasteiger partial charge in [0.2, 0.25) is 0 Å². The molecule has 54 heavy (non-hydrogen) atoms. The van der Waals surface area contributed by atoms with Gasteiger partial charge in [-0.15, -0.1) is 0 Å². The average Bonchev–Trinajstić information content (AvgIpc) is 3.79. The van der Waals surface area contributed by atoms with Crippen LogP contribution in [0.25, 0.3) is 61.1 Å². The quantitative estimate of drug-likeness (QED) is 0.192. The first-order valence-electron chi connectivity index (χ1n) is 18.7. The number of aromatic nitrogens is 2. The van der Waals surface area contributed by atoms with Gasteiger partial charge in [-0.2, -0.15) is 0 Å². The third-order valence-electron chi connectivity index (χ3n) is 11.0. The molecule has 0 spiro atoms. The van der Waals surface area contributed by atoms with E-state index in [4.69, 9.17) is 9.98 Å². The lowest BCUT2D eigenvalue weighted by molar-refractivity contribution is 0.755. The first-order valence-corrected chi connectivity index (χ1v) is 18.7. The predicted molar refractivity (Wildman–Crippen MR) is 224 cm³/mol. The predicted octanol–water partition coefficient (Wildman–Crippen LogP) is 11.3. The molecule has 1 N–H and O–H groups in total. The van der Waals surface area contributed by atoms with Crippen LogP contribution in [0.5, 0.6) is 0 Å². The van der Waals surface area contributed by atoms with E-state index >= 15 is 0 Å². The lowest BCUT2D eigenvalue weighted by Crippen LogP contribution is -2.35. The zero-order chi connectivity index (χ0) is 35.6. The largest absolute Gasteiger partial charge is 0.324 e. The Kier molecular flexibility index (Phi) is 6.99. The molecule has 3 heterocycles. The Balaban J connectivity index is 1.14.